The van der Waals surface area contributed by atoms with Gasteiger partial charge in [0.2, 0.25) is 5.13 Å². The lowest BCUT2D eigenvalue weighted by atomic mass is 10.3. The zero-order valence-corrected chi connectivity index (χ0v) is 15.2. The van der Waals surface area contributed by atoms with Gasteiger partial charge in [-0.2, -0.15) is 5.10 Å². The summed E-state index contributed by atoms with van der Waals surface area (Å²) in [6.07, 6.45) is 1.55. The van der Waals surface area contributed by atoms with Crippen molar-refractivity contribution in [2.75, 3.05) is 4.72 Å². The Labute approximate surface area is 142 Å². The summed E-state index contributed by atoms with van der Waals surface area (Å²) in [5, 5.41) is 14.9. The van der Waals surface area contributed by atoms with Crippen molar-refractivity contribution in [1.29, 1.82) is 0 Å². The average molecular weight is 369 g/mol. The Morgan fingerprint density at radius 3 is 2.65 bits per heavy atom. The van der Waals surface area contributed by atoms with E-state index in [-0.39, 0.29) is 16.1 Å². The molecule has 0 bridgehead atoms. The predicted octanol–water partition coefficient (Wildman–Crippen LogP) is 3.15. The molecule has 23 heavy (non-hydrogen) atoms. The van der Waals surface area contributed by atoms with Crippen molar-refractivity contribution in [2.24, 2.45) is 0 Å². The monoisotopic (exact) mass is 369 g/mol. The van der Waals surface area contributed by atoms with Gasteiger partial charge in [0.05, 0.1) is 4.88 Å². The Bertz CT molecular complexity index is 909. The predicted molar refractivity (Wildman–Crippen MR) is 91.4 cm³/mol. The fourth-order valence-electron chi connectivity index (χ4n) is 1.93. The minimum atomic E-state index is -3.79. The largest absolute Gasteiger partial charge is 0.268 e. The summed E-state index contributed by atoms with van der Waals surface area (Å²) >= 11 is 2.64. The second-order valence-electron chi connectivity index (χ2n) is 5.12. The maximum atomic E-state index is 12.7. The number of nitrogens with zero attached hydrogens (tertiary/aromatic N) is 4. The fraction of sp³-hybridized carbons (Fsp3) is 0.308. The lowest BCUT2D eigenvalue weighted by Crippen LogP contribution is -2.13. The molecule has 0 saturated carbocycles. The maximum absolute atomic E-state index is 12.7. The minimum absolute atomic E-state index is 0.0569. The van der Waals surface area contributed by atoms with Crippen molar-refractivity contribution < 1.29 is 8.42 Å². The number of hydrogen-bond acceptors (Lipinski definition) is 7. The van der Waals surface area contributed by atoms with Crippen LogP contribution in [0.1, 0.15) is 24.9 Å². The lowest BCUT2D eigenvalue weighted by molar-refractivity contribution is 0.532. The molecule has 0 aromatic carbocycles. The molecule has 0 spiro atoms. The van der Waals surface area contributed by atoms with E-state index in [4.69, 9.17) is 0 Å². The number of aromatic nitrogens is 4. The summed E-state index contributed by atoms with van der Waals surface area (Å²) < 4.78 is 29.6. The molecule has 0 atom stereocenters. The van der Waals surface area contributed by atoms with Crippen molar-refractivity contribution in [3.05, 3.63) is 28.7 Å². The van der Waals surface area contributed by atoms with E-state index in [0.717, 1.165) is 4.88 Å². The van der Waals surface area contributed by atoms with Crippen molar-refractivity contribution in [1.82, 2.24) is 20.0 Å². The van der Waals surface area contributed by atoms with Gasteiger partial charge < -0.3 is 0 Å². The molecule has 122 valence electrons. The zero-order chi connectivity index (χ0) is 16.6. The Kier molecular flexibility index (Phi) is 4.21. The first-order valence-corrected chi connectivity index (χ1v) is 10.0. The van der Waals surface area contributed by atoms with E-state index in [1.807, 2.05) is 31.4 Å². The molecule has 7 nitrogen and oxygen atoms in total. The van der Waals surface area contributed by atoms with Gasteiger partial charge in [0.25, 0.3) is 10.0 Å². The fourth-order valence-corrected chi connectivity index (χ4v) is 4.69. The van der Waals surface area contributed by atoms with Gasteiger partial charge >= 0.3 is 0 Å². The molecular formula is C13H15N5O2S3. The highest BCUT2D eigenvalue weighted by Crippen LogP contribution is 2.31. The zero-order valence-electron chi connectivity index (χ0n) is 12.7. The van der Waals surface area contributed by atoms with E-state index >= 15 is 0 Å². The van der Waals surface area contributed by atoms with E-state index in [2.05, 4.69) is 20.0 Å². The molecule has 0 amide bonds. The number of thiophene rings is 1. The molecule has 3 heterocycles. The van der Waals surface area contributed by atoms with Gasteiger partial charge in [-0.15, -0.1) is 21.5 Å². The standard InChI is InChI=1S/C13H15N5O2S3/c1-8(2)18-7-11(12(16-18)10-5-4-6-21-10)23(19,20)17-13-15-14-9(3)22-13/h4-8H,1-3H3,(H,15,17). The summed E-state index contributed by atoms with van der Waals surface area (Å²) in [4.78, 5) is 0.944. The molecule has 0 saturated heterocycles. The van der Waals surface area contributed by atoms with Crippen molar-refractivity contribution in [3.8, 4) is 10.6 Å². The van der Waals surface area contributed by atoms with Crippen LogP contribution < -0.4 is 4.72 Å². The second kappa shape index (κ2) is 6.02. The van der Waals surface area contributed by atoms with Gasteiger partial charge in [0.1, 0.15) is 15.6 Å². The maximum Gasteiger partial charge on any atom is 0.267 e. The first kappa shape index (κ1) is 16.1. The first-order valence-electron chi connectivity index (χ1n) is 6.83. The third kappa shape index (κ3) is 3.28. The summed E-state index contributed by atoms with van der Waals surface area (Å²) in [6, 6.07) is 3.78. The Hall–Kier alpha value is -1.78. The van der Waals surface area contributed by atoms with Gasteiger partial charge in [-0.05, 0) is 32.2 Å². The van der Waals surface area contributed by atoms with Crippen molar-refractivity contribution >= 4 is 37.8 Å². The summed E-state index contributed by atoms with van der Waals surface area (Å²) in [5.74, 6) is 0. The molecule has 0 aliphatic carbocycles. The number of rotatable bonds is 5. The third-order valence-corrected chi connectivity index (χ3v) is 6.12. The van der Waals surface area contributed by atoms with Crippen LogP contribution in [0, 0.1) is 6.92 Å². The first-order chi connectivity index (χ1) is 10.9. The second-order valence-corrected chi connectivity index (χ2v) is 8.90. The number of nitrogens with one attached hydrogen (secondary N) is 1. The quantitative estimate of drug-likeness (QED) is 0.746. The van der Waals surface area contributed by atoms with Crippen LogP contribution in [-0.4, -0.2) is 28.4 Å². The molecule has 3 rings (SSSR count). The topological polar surface area (TPSA) is 89.8 Å². The third-order valence-electron chi connectivity index (χ3n) is 3.02. The van der Waals surface area contributed by atoms with E-state index in [1.165, 1.54) is 22.7 Å². The van der Waals surface area contributed by atoms with Crippen LogP contribution in [0.15, 0.2) is 28.6 Å². The Balaban J connectivity index is 2.06. The van der Waals surface area contributed by atoms with Gasteiger partial charge in [-0.3, -0.25) is 9.40 Å². The average Bonchev–Trinajstić information content (AvgIpc) is 3.16. The normalized spacial score (nSPS) is 12.0. The molecule has 0 radical (unpaired) electrons. The lowest BCUT2D eigenvalue weighted by Gasteiger charge is -2.04. The van der Waals surface area contributed by atoms with Crippen LogP contribution in [0.2, 0.25) is 0 Å². The number of aryl methyl sites for hydroxylation is 1. The van der Waals surface area contributed by atoms with Crippen LogP contribution in [-0.2, 0) is 10.0 Å². The van der Waals surface area contributed by atoms with Crippen molar-refractivity contribution in [2.45, 2.75) is 31.7 Å². The van der Waals surface area contributed by atoms with E-state index < -0.39 is 10.0 Å². The smallest absolute Gasteiger partial charge is 0.267 e. The van der Waals surface area contributed by atoms with E-state index in [0.29, 0.717) is 10.7 Å². The van der Waals surface area contributed by atoms with Gasteiger partial charge in [0, 0.05) is 12.2 Å². The molecule has 3 aromatic heterocycles. The Morgan fingerprint density at radius 2 is 2.09 bits per heavy atom. The van der Waals surface area contributed by atoms with Gasteiger partial charge in [0.15, 0.2) is 0 Å². The summed E-state index contributed by atoms with van der Waals surface area (Å²) in [5.41, 5.74) is 0.447. The molecule has 0 fully saturated rings. The molecule has 0 unspecified atom stereocenters. The van der Waals surface area contributed by atoms with Gasteiger partial charge in [-0.25, -0.2) is 8.42 Å². The molecule has 0 aliphatic rings. The van der Waals surface area contributed by atoms with Crippen LogP contribution in [0.3, 0.4) is 0 Å². The SMILES string of the molecule is Cc1nnc(NS(=O)(=O)c2cn(C(C)C)nc2-c2cccs2)s1. The highest BCUT2D eigenvalue weighted by atomic mass is 32.2. The molecule has 10 heteroatoms. The van der Waals surface area contributed by atoms with Crippen LogP contribution in [0.4, 0.5) is 5.13 Å². The molecule has 0 aliphatic heterocycles. The van der Waals surface area contributed by atoms with Crippen molar-refractivity contribution in [3.63, 3.8) is 0 Å². The van der Waals surface area contributed by atoms with E-state index in [1.54, 1.807) is 17.8 Å². The number of hydrogen-bond donors (Lipinski definition) is 1. The summed E-state index contributed by atoms with van der Waals surface area (Å²) in [6.45, 7) is 5.66. The molecule has 1 N–H and O–H groups in total. The van der Waals surface area contributed by atoms with Crippen LogP contribution in [0.5, 0.6) is 0 Å². The van der Waals surface area contributed by atoms with Crippen LogP contribution >= 0.6 is 22.7 Å². The van der Waals surface area contributed by atoms with Gasteiger partial charge in [-0.1, -0.05) is 17.4 Å². The number of sulfonamides is 1. The Morgan fingerprint density at radius 1 is 1.30 bits per heavy atom. The molecular weight excluding hydrogens is 354 g/mol. The molecule has 3 aromatic rings. The highest BCUT2D eigenvalue weighted by molar-refractivity contribution is 7.93. The summed E-state index contributed by atoms with van der Waals surface area (Å²) in [7, 11) is -3.79. The highest BCUT2D eigenvalue weighted by Gasteiger charge is 2.26. The number of anilines is 1. The van der Waals surface area contributed by atoms with E-state index in [9.17, 15) is 8.42 Å². The minimum Gasteiger partial charge on any atom is -0.268 e. The van der Waals surface area contributed by atoms with Crippen LogP contribution in [0.25, 0.3) is 10.6 Å².